The van der Waals surface area contributed by atoms with Crippen LogP contribution in [0.3, 0.4) is 0 Å². The highest BCUT2D eigenvalue weighted by atomic mass is 32.2. The Kier molecular flexibility index (Phi) is 6.03. The maximum absolute atomic E-state index is 14.0. The highest BCUT2D eigenvalue weighted by Crippen LogP contribution is 2.29. The van der Waals surface area contributed by atoms with Crippen molar-refractivity contribution >= 4 is 27.3 Å². The predicted molar refractivity (Wildman–Crippen MR) is 125 cm³/mol. The van der Waals surface area contributed by atoms with Crippen LogP contribution in [0.2, 0.25) is 0 Å². The van der Waals surface area contributed by atoms with Crippen LogP contribution < -0.4 is 0 Å². The van der Waals surface area contributed by atoms with E-state index in [0.29, 0.717) is 33.4 Å². The molecule has 9 heteroatoms. The number of nitrogens with zero attached hydrogens (tertiary/aromatic N) is 3. The smallest absolute Gasteiger partial charge is 0.265 e. The van der Waals surface area contributed by atoms with Crippen molar-refractivity contribution < 1.29 is 17.6 Å². The zero-order valence-corrected chi connectivity index (χ0v) is 19.7. The van der Waals surface area contributed by atoms with Crippen molar-refractivity contribution in [3.63, 3.8) is 0 Å². The quantitative estimate of drug-likeness (QED) is 0.561. The van der Waals surface area contributed by atoms with E-state index in [1.807, 2.05) is 12.1 Å². The fourth-order valence-corrected chi connectivity index (χ4v) is 6.82. The Morgan fingerprint density at radius 2 is 1.70 bits per heavy atom. The van der Waals surface area contributed by atoms with Gasteiger partial charge in [0.05, 0.1) is 11.1 Å². The van der Waals surface area contributed by atoms with Crippen LogP contribution in [-0.2, 0) is 22.9 Å². The highest BCUT2D eigenvalue weighted by molar-refractivity contribution is 7.89. The molecule has 0 radical (unpaired) electrons. The molecule has 33 heavy (non-hydrogen) atoms. The molecule has 0 saturated carbocycles. The van der Waals surface area contributed by atoms with Crippen LogP contribution in [0.4, 0.5) is 4.39 Å². The van der Waals surface area contributed by atoms with E-state index in [2.05, 4.69) is 4.98 Å². The standard InChI is InChI=1S/C24H24FN3O3S2/c25-21-8-4-3-7-20(21)23-26-16-22(32-23)24(29)27-11-13-28(14-12-27)33(30,31)19-10-9-17-5-1-2-6-18(17)15-19/h3-4,7-10,15-16H,1-2,5-6,11-14H2. The molecule has 0 atom stereocenters. The fourth-order valence-electron chi connectivity index (χ4n) is 4.44. The number of carbonyl (C=O) groups is 1. The first-order chi connectivity index (χ1) is 15.9. The van der Waals surface area contributed by atoms with E-state index >= 15 is 0 Å². The van der Waals surface area contributed by atoms with Crippen molar-refractivity contribution in [2.24, 2.45) is 0 Å². The van der Waals surface area contributed by atoms with Crippen molar-refractivity contribution in [2.45, 2.75) is 30.6 Å². The average Bonchev–Trinajstić information content (AvgIpc) is 3.33. The second-order valence-corrected chi connectivity index (χ2v) is 11.3. The molecule has 1 saturated heterocycles. The zero-order chi connectivity index (χ0) is 23.0. The van der Waals surface area contributed by atoms with Gasteiger partial charge in [0.2, 0.25) is 10.0 Å². The molecule has 3 aromatic rings. The number of piperazine rings is 1. The van der Waals surface area contributed by atoms with Crippen LogP contribution in [0, 0.1) is 5.82 Å². The summed E-state index contributed by atoms with van der Waals surface area (Å²) in [5.74, 6) is -0.590. The fraction of sp³-hybridized carbons (Fsp3) is 0.333. The number of amides is 1. The molecule has 172 valence electrons. The largest absolute Gasteiger partial charge is 0.335 e. The van der Waals surface area contributed by atoms with E-state index in [1.165, 1.54) is 22.1 Å². The summed E-state index contributed by atoms with van der Waals surface area (Å²) in [4.78, 5) is 19.6. The number of sulfonamides is 1. The van der Waals surface area contributed by atoms with Gasteiger partial charge >= 0.3 is 0 Å². The Morgan fingerprint density at radius 3 is 2.45 bits per heavy atom. The van der Waals surface area contributed by atoms with Gasteiger partial charge in [-0.3, -0.25) is 4.79 Å². The molecule has 1 aliphatic heterocycles. The van der Waals surface area contributed by atoms with Crippen LogP contribution in [0.25, 0.3) is 10.6 Å². The number of benzene rings is 2. The second-order valence-electron chi connectivity index (χ2n) is 8.34. The topological polar surface area (TPSA) is 70.6 Å². The molecule has 5 rings (SSSR count). The minimum Gasteiger partial charge on any atom is -0.335 e. The molecule has 0 unspecified atom stereocenters. The summed E-state index contributed by atoms with van der Waals surface area (Å²) in [6.07, 6.45) is 5.63. The Labute approximate surface area is 196 Å². The number of aromatic nitrogens is 1. The number of rotatable bonds is 4. The van der Waals surface area contributed by atoms with E-state index in [1.54, 1.807) is 29.2 Å². The van der Waals surface area contributed by atoms with Crippen LogP contribution >= 0.6 is 11.3 Å². The maximum Gasteiger partial charge on any atom is 0.265 e. The van der Waals surface area contributed by atoms with Gasteiger partial charge in [-0.15, -0.1) is 11.3 Å². The summed E-state index contributed by atoms with van der Waals surface area (Å²) in [5.41, 5.74) is 2.74. The number of thiazole rings is 1. The number of hydrogen-bond acceptors (Lipinski definition) is 5. The molecule has 2 aromatic carbocycles. The number of carbonyl (C=O) groups excluding carboxylic acids is 1. The van der Waals surface area contributed by atoms with Crippen molar-refractivity contribution in [3.05, 3.63) is 70.5 Å². The van der Waals surface area contributed by atoms with Crippen LogP contribution in [0.15, 0.2) is 53.6 Å². The number of aryl methyl sites for hydroxylation is 2. The van der Waals surface area contributed by atoms with Gasteiger partial charge in [-0.1, -0.05) is 18.2 Å². The number of fused-ring (bicyclic) bond motifs is 1. The van der Waals surface area contributed by atoms with Crippen LogP contribution in [-0.4, -0.2) is 54.7 Å². The van der Waals surface area contributed by atoms with Crippen molar-refractivity contribution in [1.29, 1.82) is 0 Å². The summed E-state index contributed by atoms with van der Waals surface area (Å²) in [6, 6.07) is 11.8. The molecule has 6 nitrogen and oxygen atoms in total. The number of halogens is 1. The third-order valence-electron chi connectivity index (χ3n) is 6.30. The lowest BCUT2D eigenvalue weighted by molar-refractivity contribution is 0.0702. The van der Waals surface area contributed by atoms with Gasteiger partial charge in [0, 0.05) is 31.7 Å². The van der Waals surface area contributed by atoms with Gasteiger partial charge in [-0.25, -0.2) is 17.8 Å². The first kappa shape index (κ1) is 22.2. The van der Waals surface area contributed by atoms with Gasteiger partial charge < -0.3 is 4.90 Å². The molecule has 1 aliphatic carbocycles. The van der Waals surface area contributed by atoms with Crippen molar-refractivity contribution in [1.82, 2.24) is 14.2 Å². The maximum atomic E-state index is 14.0. The lowest BCUT2D eigenvalue weighted by atomic mass is 9.92. The van der Waals surface area contributed by atoms with Gasteiger partial charge in [-0.2, -0.15) is 4.31 Å². The summed E-state index contributed by atoms with van der Waals surface area (Å²) in [5, 5.41) is 0.449. The Morgan fingerprint density at radius 1 is 0.970 bits per heavy atom. The monoisotopic (exact) mass is 485 g/mol. The van der Waals surface area contributed by atoms with Gasteiger partial charge in [-0.05, 0) is 61.1 Å². The van der Waals surface area contributed by atoms with E-state index < -0.39 is 10.0 Å². The predicted octanol–water partition coefficient (Wildman–Crippen LogP) is 3.97. The average molecular weight is 486 g/mol. The zero-order valence-electron chi connectivity index (χ0n) is 18.0. The Balaban J connectivity index is 1.26. The molecule has 0 bridgehead atoms. The summed E-state index contributed by atoms with van der Waals surface area (Å²) < 4.78 is 41.9. The van der Waals surface area contributed by atoms with Crippen molar-refractivity contribution in [2.75, 3.05) is 26.2 Å². The van der Waals surface area contributed by atoms with Crippen molar-refractivity contribution in [3.8, 4) is 10.6 Å². The third-order valence-corrected chi connectivity index (χ3v) is 9.22. The van der Waals surface area contributed by atoms with E-state index in [9.17, 15) is 17.6 Å². The highest BCUT2D eigenvalue weighted by Gasteiger charge is 2.31. The molecule has 1 fully saturated rings. The Bertz CT molecular complexity index is 1300. The van der Waals surface area contributed by atoms with E-state index in [4.69, 9.17) is 0 Å². The van der Waals surface area contributed by atoms with Gasteiger partial charge in [0.1, 0.15) is 15.7 Å². The normalized spacial score (nSPS) is 17.1. The van der Waals surface area contributed by atoms with E-state index in [-0.39, 0.29) is 24.8 Å². The SMILES string of the molecule is O=C(c1cnc(-c2ccccc2F)s1)N1CCN(S(=O)(=O)c2ccc3c(c2)CCCC3)CC1. The molecular formula is C24H24FN3O3S2. The van der Waals surface area contributed by atoms with Gasteiger partial charge in [0.15, 0.2) is 0 Å². The first-order valence-corrected chi connectivity index (χ1v) is 13.3. The second kappa shape index (κ2) is 8.96. The summed E-state index contributed by atoms with van der Waals surface area (Å²) >= 11 is 1.14. The molecular weight excluding hydrogens is 461 g/mol. The lowest BCUT2D eigenvalue weighted by Crippen LogP contribution is -2.50. The van der Waals surface area contributed by atoms with Crippen LogP contribution in [0.1, 0.15) is 33.6 Å². The summed E-state index contributed by atoms with van der Waals surface area (Å²) in [7, 11) is -3.60. The molecule has 0 spiro atoms. The van der Waals surface area contributed by atoms with Gasteiger partial charge in [0.25, 0.3) is 5.91 Å². The molecule has 2 heterocycles. The molecule has 1 amide bonds. The van der Waals surface area contributed by atoms with Crippen LogP contribution in [0.5, 0.6) is 0 Å². The minimum absolute atomic E-state index is 0.207. The summed E-state index contributed by atoms with van der Waals surface area (Å²) in [6.45, 7) is 1.08. The van der Waals surface area contributed by atoms with E-state index in [0.717, 1.165) is 42.6 Å². The molecule has 2 aliphatic rings. The molecule has 1 aromatic heterocycles. The number of hydrogen-bond donors (Lipinski definition) is 0. The molecule has 0 N–H and O–H groups in total. The Hall–Kier alpha value is -2.62. The first-order valence-electron chi connectivity index (χ1n) is 11.1. The lowest BCUT2D eigenvalue weighted by Gasteiger charge is -2.34. The minimum atomic E-state index is -3.60. The third kappa shape index (κ3) is 4.32.